The lowest BCUT2D eigenvalue weighted by atomic mass is 9.95. The summed E-state index contributed by atoms with van der Waals surface area (Å²) in [5.41, 5.74) is 1.45. The highest BCUT2D eigenvalue weighted by atomic mass is 35.5. The largest absolute Gasteiger partial charge is 0.497 e. The van der Waals surface area contributed by atoms with E-state index in [2.05, 4.69) is 5.32 Å². The minimum atomic E-state index is -0.126. The molecule has 2 amide bonds. The van der Waals surface area contributed by atoms with Crippen LogP contribution in [0.3, 0.4) is 0 Å². The average Bonchev–Trinajstić information content (AvgIpc) is 2.72. The standard InChI is InChI=1S/C21H22Cl2N2O3/c1-28-17-5-2-14(3-6-17)13-24-20(26)15-8-10-25(11-9-15)21(27)18-7-4-16(22)12-19(18)23/h2-7,12,15H,8-11,13H2,1H3,(H,24,26). The predicted molar refractivity (Wildman–Crippen MR) is 110 cm³/mol. The van der Waals surface area contributed by atoms with Gasteiger partial charge in [-0.15, -0.1) is 0 Å². The predicted octanol–water partition coefficient (Wildman–Crippen LogP) is 4.17. The third-order valence-electron chi connectivity index (χ3n) is 4.94. The number of piperidine rings is 1. The highest BCUT2D eigenvalue weighted by molar-refractivity contribution is 6.36. The molecule has 28 heavy (non-hydrogen) atoms. The molecule has 148 valence electrons. The second-order valence-corrected chi connectivity index (χ2v) is 7.60. The molecule has 1 heterocycles. The molecular formula is C21H22Cl2N2O3. The van der Waals surface area contributed by atoms with Crippen LogP contribution < -0.4 is 10.1 Å². The third kappa shape index (κ3) is 4.97. The highest BCUT2D eigenvalue weighted by Gasteiger charge is 2.28. The van der Waals surface area contributed by atoms with Crippen molar-refractivity contribution in [3.63, 3.8) is 0 Å². The molecule has 0 radical (unpaired) electrons. The van der Waals surface area contributed by atoms with Gasteiger partial charge in [0.25, 0.3) is 5.91 Å². The van der Waals surface area contributed by atoms with Crippen molar-refractivity contribution in [2.75, 3.05) is 20.2 Å². The van der Waals surface area contributed by atoms with E-state index in [1.54, 1.807) is 30.2 Å². The van der Waals surface area contributed by atoms with Crippen LogP contribution in [0.4, 0.5) is 0 Å². The van der Waals surface area contributed by atoms with Crippen LogP contribution in [0.2, 0.25) is 10.0 Å². The number of nitrogens with one attached hydrogen (secondary N) is 1. The van der Waals surface area contributed by atoms with Gasteiger partial charge >= 0.3 is 0 Å². The van der Waals surface area contributed by atoms with Gasteiger partial charge in [0.2, 0.25) is 5.91 Å². The minimum Gasteiger partial charge on any atom is -0.497 e. The number of hydrogen-bond acceptors (Lipinski definition) is 3. The molecule has 0 bridgehead atoms. The number of amides is 2. The van der Waals surface area contributed by atoms with Crippen LogP contribution in [0.25, 0.3) is 0 Å². The van der Waals surface area contributed by atoms with Gasteiger partial charge in [-0.1, -0.05) is 35.3 Å². The maximum Gasteiger partial charge on any atom is 0.255 e. The monoisotopic (exact) mass is 420 g/mol. The van der Waals surface area contributed by atoms with E-state index in [-0.39, 0.29) is 17.7 Å². The molecule has 1 N–H and O–H groups in total. The Labute approximate surface area is 174 Å². The third-order valence-corrected chi connectivity index (χ3v) is 5.49. The van der Waals surface area contributed by atoms with Crippen LogP contribution in [0.5, 0.6) is 5.75 Å². The molecule has 0 atom stereocenters. The van der Waals surface area contributed by atoms with Crippen molar-refractivity contribution < 1.29 is 14.3 Å². The molecule has 0 saturated carbocycles. The lowest BCUT2D eigenvalue weighted by molar-refractivity contribution is -0.126. The normalized spacial score (nSPS) is 14.6. The zero-order valence-electron chi connectivity index (χ0n) is 15.6. The molecule has 1 aliphatic heterocycles. The first kappa shape index (κ1) is 20.5. The number of halogens is 2. The zero-order valence-corrected chi connectivity index (χ0v) is 17.1. The summed E-state index contributed by atoms with van der Waals surface area (Å²) in [5, 5.41) is 3.82. The molecule has 5 nitrogen and oxygen atoms in total. The lowest BCUT2D eigenvalue weighted by Gasteiger charge is -2.31. The smallest absolute Gasteiger partial charge is 0.255 e. The van der Waals surface area contributed by atoms with Crippen LogP contribution in [0, 0.1) is 5.92 Å². The van der Waals surface area contributed by atoms with Gasteiger partial charge < -0.3 is 15.0 Å². The Bertz CT molecular complexity index is 847. The number of hydrogen-bond donors (Lipinski definition) is 1. The fourth-order valence-electron chi connectivity index (χ4n) is 3.25. The number of rotatable bonds is 5. The lowest BCUT2D eigenvalue weighted by Crippen LogP contribution is -2.43. The molecule has 1 aliphatic rings. The number of ether oxygens (including phenoxy) is 1. The van der Waals surface area contributed by atoms with Gasteiger partial charge in [0, 0.05) is 30.6 Å². The highest BCUT2D eigenvalue weighted by Crippen LogP contribution is 2.25. The first-order chi connectivity index (χ1) is 13.5. The maximum absolute atomic E-state index is 12.7. The topological polar surface area (TPSA) is 58.6 Å². The zero-order chi connectivity index (χ0) is 20.1. The molecule has 0 spiro atoms. The minimum absolute atomic E-state index is 0.0208. The van der Waals surface area contributed by atoms with Crippen molar-refractivity contribution >= 4 is 35.0 Å². The van der Waals surface area contributed by atoms with E-state index in [1.165, 1.54) is 0 Å². The average molecular weight is 421 g/mol. The van der Waals surface area contributed by atoms with E-state index in [0.29, 0.717) is 48.1 Å². The van der Waals surface area contributed by atoms with Crippen LogP contribution in [-0.4, -0.2) is 36.9 Å². The Morgan fingerprint density at radius 2 is 1.79 bits per heavy atom. The van der Waals surface area contributed by atoms with Crippen molar-refractivity contribution in [3.8, 4) is 5.75 Å². The van der Waals surface area contributed by atoms with Gasteiger partial charge in [0.1, 0.15) is 5.75 Å². The Morgan fingerprint density at radius 1 is 1.11 bits per heavy atom. The summed E-state index contributed by atoms with van der Waals surface area (Å²) in [6.07, 6.45) is 1.26. The maximum atomic E-state index is 12.7. The van der Waals surface area contributed by atoms with Crippen molar-refractivity contribution in [1.82, 2.24) is 10.2 Å². The number of likely N-dealkylation sites (tertiary alicyclic amines) is 1. The second-order valence-electron chi connectivity index (χ2n) is 6.76. The molecular weight excluding hydrogens is 399 g/mol. The fraction of sp³-hybridized carbons (Fsp3) is 0.333. The van der Waals surface area contributed by atoms with E-state index < -0.39 is 0 Å². The number of methoxy groups -OCH3 is 1. The van der Waals surface area contributed by atoms with Gasteiger partial charge in [-0.05, 0) is 48.7 Å². The number of nitrogens with zero attached hydrogens (tertiary/aromatic N) is 1. The van der Waals surface area contributed by atoms with Crippen LogP contribution in [0.1, 0.15) is 28.8 Å². The SMILES string of the molecule is COc1ccc(CNC(=O)C2CCN(C(=O)c3ccc(Cl)cc3Cl)CC2)cc1. The quantitative estimate of drug-likeness (QED) is 0.789. The number of carbonyl (C=O) groups excluding carboxylic acids is 2. The summed E-state index contributed by atoms with van der Waals surface area (Å²) in [7, 11) is 1.62. The van der Waals surface area contributed by atoms with E-state index in [9.17, 15) is 9.59 Å². The molecule has 2 aromatic carbocycles. The van der Waals surface area contributed by atoms with Gasteiger partial charge in [0.05, 0.1) is 17.7 Å². The van der Waals surface area contributed by atoms with E-state index in [0.717, 1.165) is 11.3 Å². The van der Waals surface area contributed by atoms with Gasteiger partial charge in [0.15, 0.2) is 0 Å². The van der Waals surface area contributed by atoms with Crippen molar-refractivity contribution in [1.29, 1.82) is 0 Å². The molecule has 0 aliphatic carbocycles. The van der Waals surface area contributed by atoms with Crippen LogP contribution in [-0.2, 0) is 11.3 Å². The first-order valence-corrected chi connectivity index (χ1v) is 9.88. The molecule has 1 fully saturated rings. The van der Waals surface area contributed by atoms with E-state index >= 15 is 0 Å². The Hall–Kier alpha value is -2.24. The number of benzene rings is 2. The van der Waals surface area contributed by atoms with Gasteiger partial charge in [-0.3, -0.25) is 9.59 Å². The first-order valence-electron chi connectivity index (χ1n) is 9.13. The summed E-state index contributed by atoms with van der Waals surface area (Å²) < 4.78 is 5.13. The summed E-state index contributed by atoms with van der Waals surface area (Å²) >= 11 is 12.0. The summed E-state index contributed by atoms with van der Waals surface area (Å²) in [4.78, 5) is 26.9. The fourth-order valence-corrected chi connectivity index (χ4v) is 3.74. The van der Waals surface area contributed by atoms with Crippen molar-refractivity contribution in [3.05, 3.63) is 63.6 Å². The molecule has 3 rings (SSSR count). The molecule has 7 heteroatoms. The summed E-state index contributed by atoms with van der Waals surface area (Å²) in [6, 6.07) is 12.4. The van der Waals surface area contributed by atoms with Gasteiger partial charge in [-0.25, -0.2) is 0 Å². The Balaban J connectivity index is 1.50. The summed E-state index contributed by atoms with van der Waals surface area (Å²) in [5.74, 6) is 0.585. The second kappa shape index (κ2) is 9.30. The Kier molecular flexibility index (Phi) is 6.81. The molecule has 0 unspecified atom stereocenters. The van der Waals surface area contributed by atoms with Crippen molar-refractivity contribution in [2.45, 2.75) is 19.4 Å². The summed E-state index contributed by atoms with van der Waals surface area (Å²) in [6.45, 7) is 1.53. The van der Waals surface area contributed by atoms with Gasteiger partial charge in [-0.2, -0.15) is 0 Å². The Morgan fingerprint density at radius 3 is 2.39 bits per heavy atom. The van der Waals surface area contributed by atoms with E-state index in [4.69, 9.17) is 27.9 Å². The molecule has 1 saturated heterocycles. The molecule has 2 aromatic rings. The molecule has 0 aromatic heterocycles. The number of carbonyl (C=O) groups is 2. The van der Waals surface area contributed by atoms with Crippen LogP contribution >= 0.6 is 23.2 Å². The van der Waals surface area contributed by atoms with E-state index in [1.807, 2.05) is 24.3 Å². The van der Waals surface area contributed by atoms with Crippen LogP contribution in [0.15, 0.2) is 42.5 Å². The van der Waals surface area contributed by atoms with Crippen molar-refractivity contribution in [2.24, 2.45) is 5.92 Å².